The average molecular weight is 253 g/mol. The van der Waals surface area contributed by atoms with Gasteiger partial charge in [-0.2, -0.15) is 0 Å². The first-order chi connectivity index (χ1) is 7.67. The molecule has 0 aliphatic rings. The maximum absolute atomic E-state index is 5.82. The quantitative estimate of drug-likeness (QED) is 0.811. The van der Waals surface area contributed by atoms with E-state index in [0.29, 0.717) is 6.04 Å². The molecule has 2 rings (SSSR count). The van der Waals surface area contributed by atoms with E-state index < -0.39 is 0 Å². The fourth-order valence-corrected chi connectivity index (χ4v) is 2.53. The number of anilines is 1. The van der Waals surface area contributed by atoms with Crippen LogP contribution in [0.25, 0.3) is 10.9 Å². The summed E-state index contributed by atoms with van der Waals surface area (Å²) in [7, 11) is 0. The fourth-order valence-electron chi connectivity index (χ4n) is 2.53. The zero-order valence-corrected chi connectivity index (χ0v) is 11.6. The molecule has 1 aromatic heterocycles. The first kappa shape index (κ1) is 13.9. The van der Waals surface area contributed by atoms with E-state index in [1.807, 2.05) is 6.07 Å². The molecule has 0 amide bonds. The third kappa shape index (κ3) is 2.42. The van der Waals surface area contributed by atoms with Crippen LogP contribution in [0.1, 0.15) is 38.4 Å². The molecular formula is C14H21ClN2. The van der Waals surface area contributed by atoms with Crippen molar-refractivity contribution in [2.24, 2.45) is 0 Å². The molecule has 94 valence electrons. The fraction of sp³-hybridized carbons (Fsp3) is 0.429. The van der Waals surface area contributed by atoms with Crippen LogP contribution in [0.15, 0.2) is 24.3 Å². The molecule has 1 aromatic carbocycles. The normalized spacial score (nSPS) is 10.8. The number of nitrogens with zero attached hydrogens (tertiary/aromatic N) is 1. The van der Waals surface area contributed by atoms with Crippen LogP contribution in [0.4, 0.5) is 5.69 Å². The van der Waals surface area contributed by atoms with Crippen LogP contribution in [0.2, 0.25) is 0 Å². The summed E-state index contributed by atoms with van der Waals surface area (Å²) in [5.74, 6) is 0. The van der Waals surface area contributed by atoms with Crippen molar-refractivity contribution in [3.05, 3.63) is 30.0 Å². The smallest absolute Gasteiger partial charge is 0.0486 e. The highest BCUT2D eigenvalue weighted by Gasteiger charge is 2.12. The standard InChI is InChI=1S/C14H20N2.ClH/c1-4-13(5-2)16-10(3)8-11-9-12(15)6-7-14(11)16;/h6-9,13H,4-5,15H2,1-3H3;1H. The molecule has 0 aliphatic carbocycles. The second kappa shape index (κ2) is 5.46. The van der Waals surface area contributed by atoms with Crippen LogP contribution < -0.4 is 5.73 Å². The van der Waals surface area contributed by atoms with E-state index >= 15 is 0 Å². The minimum absolute atomic E-state index is 0. The van der Waals surface area contributed by atoms with E-state index in [0.717, 1.165) is 5.69 Å². The van der Waals surface area contributed by atoms with Gasteiger partial charge in [0.1, 0.15) is 0 Å². The van der Waals surface area contributed by atoms with Crippen LogP contribution in [-0.2, 0) is 0 Å². The Morgan fingerprint density at radius 2 is 1.82 bits per heavy atom. The van der Waals surface area contributed by atoms with E-state index in [1.165, 1.54) is 29.4 Å². The first-order valence-corrected chi connectivity index (χ1v) is 6.04. The number of nitrogen functional groups attached to an aromatic ring is 1. The van der Waals surface area contributed by atoms with Crippen LogP contribution in [0, 0.1) is 6.92 Å². The largest absolute Gasteiger partial charge is 0.399 e. The average Bonchev–Trinajstić information content (AvgIpc) is 2.57. The lowest BCUT2D eigenvalue weighted by Gasteiger charge is -2.18. The van der Waals surface area contributed by atoms with Crippen LogP contribution >= 0.6 is 12.4 Å². The first-order valence-electron chi connectivity index (χ1n) is 6.04. The summed E-state index contributed by atoms with van der Waals surface area (Å²) >= 11 is 0. The van der Waals surface area contributed by atoms with Gasteiger partial charge >= 0.3 is 0 Å². The molecule has 0 saturated heterocycles. The summed E-state index contributed by atoms with van der Waals surface area (Å²) in [6.07, 6.45) is 2.34. The number of fused-ring (bicyclic) bond motifs is 1. The summed E-state index contributed by atoms with van der Waals surface area (Å²) in [6.45, 7) is 6.67. The van der Waals surface area contributed by atoms with Crippen LogP contribution in [0.3, 0.4) is 0 Å². The minimum atomic E-state index is 0. The second-order valence-corrected chi connectivity index (χ2v) is 4.44. The lowest BCUT2D eigenvalue weighted by Crippen LogP contribution is -2.08. The third-order valence-electron chi connectivity index (χ3n) is 3.36. The summed E-state index contributed by atoms with van der Waals surface area (Å²) in [5, 5.41) is 1.25. The van der Waals surface area contributed by atoms with Crippen LogP contribution in [-0.4, -0.2) is 4.57 Å². The zero-order chi connectivity index (χ0) is 11.7. The number of rotatable bonds is 3. The summed E-state index contributed by atoms with van der Waals surface area (Å²) in [6, 6.07) is 9.00. The predicted molar refractivity (Wildman–Crippen MR) is 78.0 cm³/mol. The summed E-state index contributed by atoms with van der Waals surface area (Å²) in [5.41, 5.74) is 9.29. The highest BCUT2D eigenvalue weighted by Crippen LogP contribution is 2.28. The number of nitrogens with two attached hydrogens (primary N) is 1. The van der Waals surface area contributed by atoms with Crippen molar-refractivity contribution in [2.45, 2.75) is 39.7 Å². The van der Waals surface area contributed by atoms with E-state index in [-0.39, 0.29) is 12.4 Å². The lowest BCUT2D eigenvalue weighted by atomic mass is 10.1. The van der Waals surface area contributed by atoms with Crippen LogP contribution in [0.5, 0.6) is 0 Å². The Hall–Kier alpha value is -1.15. The number of aromatic nitrogens is 1. The molecule has 2 nitrogen and oxygen atoms in total. The maximum atomic E-state index is 5.82. The van der Waals surface area contributed by atoms with Crippen molar-refractivity contribution in [2.75, 3.05) is 5.73 Å². The zero-order valence-electron chi connectivity index (χ0n) is 10.7. The van der Waals surface area contributed by atoms with Crippen molar-refractivity contribution in [1.82, 2.24) is 4.57 Å². The number of hydrogen-bond donors (Lipinski definition) is 1. The molecule has 2 N–H and O–H groups in total. The highest BCUT2D eigenvalue weighted by molar-refractivity contribution is 5.85. The molecule has 17 heavy (non-hydrogen) atoms. The third-order valence-corrected chi connectivity index (χ3v) is 3.36. The van der Waals surface area contributed by atoms with Gasteiger partial charge < -0.3 is 10.3 Å². The molecule has 0 bridgehead atoms. The van der Waals surface area contributed by atoms with Gasteiger partial charge in [0.15, 0.2) is 0 Å². The van der Waals surface area contributed by atoms with E-state index in [2.05, 4.69) is 43.5 Å². The molecule has 0 unspecified atom stereocenters. The monoisotopic (exact) mass is 252 g/mol. The Morgan fingerprint density at radius 1 is 1.18 bits per heavy atom. The molecule has 0 spiro atoms. The van der Waals surface area contributed by atoms with Gasteiger partial charge in [0.05, 0.1) is 0 Å². The molecular weight excluding hydrogens is 232 g/mol. The molecule has 0 atom stereocenters. The minimum Gasteiger partial charge on any atom is -0.399 e. The SMILES string of the molecule is CCC(CC)n1c(C)cc2cc(N)ccc21.Cl. The highest BCUT2D eigenvalue weighted by atomic mass is 35.5. The summed E-state index contributed by atoms with van der Waals surface area (Å²) < 4.78 is 2.44. The van der Waals surface area contributed by atoms with E-state index in [9.17, 15) is 0 Å². The van der Waals surface area contributed by atoms with Gasteiger partial charge in [0.2, 0.25) is 0 Å². The number of aryl methyl sites for hydroxylation is 1. The van der Waals surface area contributed by atoms with Gasteiger partial charge in [-0.15, -0.1) is 12.4 Å². The Balaban J connectivity index is 0.00000144. The molecule has 0 aliphatic heterocycles. The van der Waals surface area contributed by atoms with Crippen molar-refractivity contribution >= 4 is 29.0 Å². The van der Waals surface area contributed by atoms with Crippen molar-refractivity contribution in [3.8, 4) is 0 Å². The Bertz CT molecular complexity index is 498. The Labute approximate surface area is 109 Å². The number of benzene rings is 1. The van der Waals surface area contributed by atoms with Gasteiger partial charge in [-0.1, -0.05) is 13.8 Å². The van der Waals surface area contributed by atoms with Crippen molar-refractivity contribution in [1.29, 1.82) is 0 Å². The predicted octanol–water partition coefficient (Wildman–Crippen LogP) is 4.31. The van der Waals surface area contributed by atoms with Crippen molar-refractivity contribution in [3.63, 3.8) is 0 Å². The van der Waals surface area contributed by atoms with Gasteiger partial charge in [0, 0.05) is 28.3 Å². The Morgan fingerprint density at radius 3 is 2.41 bits per heavy atom. The number of halogens is 1. The van der Waals surface area contributed by atoms with Gasteiger partial charge in [-0.3, -0.25) is 0 Å². The maximum Gasteiger partial charge on any atom is 0.0486 e. The molecule has 3 heteroatoms. The summed E-state index contributed by atoms with van der Waals surface area (Å²) in [4.78, 5) is 0. The van der Waals surface area contributed by atoms with E-state index in [4.69, 9.17) is 5.73 Å². The number of hydrogen-bond acceptors (Lipinski definition) is 1. The van der Waals surface area contributed by atoms with Gasteiger partial charge in [-0.05, 0) is 44.0 Å². The molecule has 0 fully saturated rings. The molecule has 2 aromatic rings. The molecule has 0 saturated carbocycles. The topological polar surface area (TPSA) is 30.9 Å². The molecule has 0 radical (unpaired) electrons. The van der Waals surface area contributed by atoms with Crippen molar-refractivity contribution < 1.29 is 0 Å². The Kier molecular flexibility index (Phi) is 4.47. The van der Waals surface area contributed by atoms with Gasteiger partial charge in [-0.25, -0.2) is 0 Å². The molecule has 1 heterocycles. The second-order valence-electron chi connectivity index (χ2n) is 4.44. The van der Waals surface area contributed by atoms with E-state index in [1.54, 1.807) is 0 Å². The van der Waals surface area contributed by atoms with Gasteiger partial charge in [0.25, 0.3) is 0 Å². The lowest BCUT2D eigenvalue weighted by molar-refractivity contribution is 0.477.